The molecule has 12 N–H and O–H groups in total. The number of pyridine rings is 1. The number of para-hydroxylation sites is 3. The minimum absolute atomic E-state index is 0.126. The van der Waals surface area contributed by atoms with Crippen LogP contribution < -0.4 is 62.0 Å². The third-order valence-electron chi connectivity index (χ3n) is 23.5. The summed E-state index contributed by atoms with van der Waals surface area (Å²) in [6.45, 7) is 3.49. The predicted molar refractivity (Wildman–Crippen MR) is 562 cm³/mol. The number of aromatic carboxylic acids is 1. The normalized spacial score (nSPS) is 11.5. The van der Waals surface area contributed by atoms with Crippen LogP contribution in [0.25, 0.3) is 110 Å². The number of hydrogen-bond acceptors (Lipinski definition) is 32. The van der Waals surface area contributed by atoms with Gasteiger partial charge in [0.05, 0.1) is 80.6 Å². The van der Waals surface area contributed by atoms with Crippen LogP contribution in [0.3, 0.4) is 0 Å². The maximum Gasteiger partial charge on any atom is 0.335 e. The van der Waals surface area contributed by atoms with Gasteiger partial charge in [0.25, 0.3) is 27.8 Å². The van der Waals surface area contributed by atoms with Crippen molar-refractivity contribution in [1.29, 1.82) is 0 Å². The van der Waals surface area contributed by atoms with Crippen LogP contribution in [0.1, 0.15) is 44.4 Å². The molecule has 0 amide bonds. The van der Waals surface area contributed by atoms with E-state index in [9.17, 15) is 57.8 Å². The number of hydrogen-bond donors (Lipinski definition) is 11. The number of thiazole rings is 1. The van der Waals surface area contributed by atoms with Gasteiger partial charge in [-0.2, -0.15) is 0 Å². The number of nitrogens with one attached hydrogen (secondary N) is 9. The molecule has 0 spiro atoms. The smallest absolute Gasteiger partial charge is 0.335 e. The van der Waals surface area contributed by atoms with E-state index in [1.54, 1.807) is 90.1 Å². The van der Waals surface area contributed by atoms with E-state index in [2.05, 4.69) is 110 Å². The molecule has 17 aromatic heterocycles. The average molecular weight is 2110 g/mol. The van der Waals surface area contributed by atoms with Gasteiger partial charge in [-0.25, -0.2) is 83.6 Å². The van der Waals surface area contributed by atoms with E-state index in [1.807, 2.05) is 199 Å². The Bertz CT molecular complexity index is 9890. The van der Waals surface area contributed by atoms with Crippen molar-refractivity contribution in [1.82, 2.24) is 156 Å². The van der Waals surface area contributed by atoms with Crippen LogP contribution in [0, 0.1) is 6.92 Å². The lowest BCUT2D eigenvalue weighted by Gasteiger charge is -2.07. The Labute approximate surface area is 855 Å². The number of nitrogens with two attached hydrogens (primary N) is 1. The van der Waals surface area contributed by atoms with Crippen molar-refractivity contribution in [2.75, 3.05) is 5.73 Å². The van der Waals surface area contributed by atoms with Crippen molar-refractivity contribution >= 4 is 192 Å². The Morgan fingerprint density at radius 2 is 0.678 bits per heavy atom. The minimum Gasteiger partial charge on any atom is -0.478 e. The summed E-state index contributed by atoms with van der Waals surface area (Å²) in [5.41, 5.74) is 15.5. The van der Waals surface area contributed by atoms with Gasteiger partial charge in [0, 0.05) is 54.0 Å². The monoisotopic (exact) mass is 2100 g/mol. The number of imidazole rings is 9. The van der Waals surface area contributed by atoms with Crippen LogP contribution in [-0.2, 0) is 68.0 Å². The van der Waals surface area contributed by atoms with Gasteiger partial charge in [-0.15, -0.1) is 21.5 Å². The Balaban J connectivity index is 0.000000109. The highest BCUT2D eigenvalue weighted by molar-refractivity contribution is 8.01. The standard InChI is InChI=1S/C21H16N6O4S.C20H17N7O2S.C20H15N5O2S2.C19H15N7O2S.C17H14N8O3S/c1-26-16-15(17(28)25-20(26)31)27(10-11-5-3-2-4-6-11)21(24-16)32-19-22-13-8-7-12(18(29)30)9-14(13)23-19;1-26-16-15(17(28)25-19(26)29)27(10-11-5-3-2-4-6-11)20(24-16)30-18-22-13-8-7-12(21)9-14(13)23-18;1-24-16-15(17(26)23-18(24)27)25(11-12-7-3-2-4-8-12)19(22-16)29-20-21-13-9-5-6-10-14(13)28-20;1-25-15-13(16(27)24-18(25)28)26(10-11-6-3-2-4-7-11)19(23-15)29-17-21-12-8-5-9-20-14(12)22-17;1-8-22-23-11(28-8)7-25-12-13(24(2)16(27)21-14(12)26)20-17(25)29-15-18-9-5-3-4-6-10(9)19-15/h2-9H,10H2,1H3,(H,22,23)(H,29,30)(H,25,28,31);2-9H,10,21H2,1H3,(H,22,23)(H,25,28,29);2-10H,11H2,1H3,(H,23,26,27);2-9H,10H2,1H3,(H,20,21,22)(H,24,27,28);3-6H,7H2,1-2H3,(H,18,19)(H,21,26,27). The third-order valence-corrected chi connectivity index (χ3v) is 29.1. The molecule has 52 heteroatoms. The largest absolute Gasteiger partial charge is 0.478 e. The highest BCUT2D eigenvalue weighted by Gasteiger charge is 2.28. The molecule has 46 nitrogen and oxygen atoms in total. The second-order valence-corrected chi connectivity index (χ2v) is 39.4. The molecule has 25 rings (SSSR count). The van der Waals surface area contributed by atoms with Gasteiger partial charge < -0.3 is 58.0 Å². The van der Waals surface area contributed by atoms with E-state index >= 15 is 0 Å². The van der Waals surface area contributed by atoms with E-state index in [0.717, 1.165) is 64.4 Å². The van der Waals surface area contributed by atoms with Crippen LogP contribution in [0.5, 0.6) is 0 Å². The number of aryl methyl sites for hydroxylation is 6. The summed E-state index contributed by atoms with van der Waals surface area (Å²) in [5.74, 6) is -0.292. The lowest BCUT2D eigenvalue weighted by molar-refractivity contribution is 0.0696. The average Bonchev–Trinajstić information content (AvgIpc) is 1.62. The zero-order chi connectivity index (χ0) is 103. The lowest BCUT2D eigenvalue weighted by Crippen LogP contribution is -2.29. The first-order valence-electron chi connectivity index (χ1n) is 45.0. The topological polar surface area (TPSA) is 606 Å². The van der Waals surface area contributed by atoms with Crippen LogP contribution in [0.4, 0.5) is 5.69 Å². The molecule has 0 aliphatic carbocycles. The van der Waals surface area contributed by atoms with Gasteiger partial charge in [-0.05, 0) is 154 Å². The van der Waals surface area contributed by atoms with E-state index in [0.29, 0.717) is 140 Å². The maximum absolute atomic E-state index is 12.7. The molecule has 0 aliphatic heterocycles. The summed E-state index contributed by atoms with van der Waals surface area (Å²) in [7, 11) is 7.86. The predicted octanol–water partition coefficient (Wildman–Crippen LogP) is 10.6. The summed E-state index contributed by atoms with van der Waals surface area (Å²) in [5, 5.41) is 22.0. The SMILES string of the molecule is Cc1nnc(Cn2c(Sc3nc4ccccc4[nH]3)nc3c2c(=O)[nH]c(=O)n3C)o1.Cn1c(=O)[nH]c(=O)c2c1nc(Sc1nc3ccc(C(=O)O)cc3[nH]1)n2Cc1ccccc1.Cn1c(=O)[nH]c(=O)c2c1nc(Sc1nc3ccc(N)cc3[nH]1)n2Cc1ccccc1.Cn1c(=O)[nH]c(=O)c2c1nc(Sc1nc3ccccc3s1)n2Cc1ccccc1.Cn1c(=O)[nH]c(=O)c2c1nc(Sc1nc3ncccc3[nH]1)n2Cc1ccccc1. The quantitative estimate of drug-likeness (QED) is 0.0298. The molecular weight excluding hydrogens is 2030 g/mol. The summed E-state index contributed by atoms with van der Waals surface area (Å²) >= 11 is 7.98. The van der Waals surface area contributed by atoms with Gasteiger partial charge >= 0.3 is 34.4 Å². The molecule has 0 fully saturated rings. The minimum atomic E-state index is -1.03. The molecule has 744 valence electrons. The summed E-state index contributed by atoms with van der Waals surface area (Å²) in [6, 6.07) is 68.3. The van der Waals surface area contributed by atoms with Crippen molar-refractivity contribution < 1.29 is 14.3 Å². The maximum atomic E-state index is 12.7. The number of benzene rings is 8. The van der Waals surface area contributed by atoms with E-state index in [4.69, 9.17) is 10.2 Å². The van der Waals surface area contributed by atoms with E-state index in [-0.39, 0.29) is 34.4 Å². The number of nitrogen functional groups attached to an aromatic ring is 1. The van der Waals surface area contributed by atoms with Gasteiger partial charge in [-0.3, -0.25) is 71.7 Å². The molecule has 0 saturated carbocycles. The van der Waals surface area contributed by atoms with Gasteiger partial charge in [0.1, 0.15) is 6.54 Å². The molecule has 0 atom stereocenters. The van der Waals surface area contributed by atoms with Crippen LogP contribution in [-0.4, -0.2) is 167 Å². The number of nitrogens with zero attached hydrogens (tertiary/aromatic N) is 23. The van der Waals surface area contributed by atoms with Crippen molar-refractivity contribution in [3.63, 3.8) is 0 Å². The number of carbonyl (C=O) groups is 1. The van der Waals surface area contributed by atoms with E-state index < -0.39 is 62.2 Å². The highest BCUT2D eigenvalue weighted by atomic mass is 32.2. The number of aromatic amines is 9. The fraction of sp³-hybridized carbons (Fsp3) is 0.113. The summed E-state index contributed by atoms with van der Waals surface area (Å²) in [6.07, 6.45) is 1.68. The molecule has 0 saturated heterocycles. The van der Waals surface area contributed by atoms with Crippen LogP contribution in [0.15, 0.2) is 328 Å². The molecule has 8 aromatic carbocycles. The van der Waals surface area contributed by atoms with Gasteiger partial charge in [0.2, 0.25) is 11.8 Å². The van der Waals surface area contributed by atoms with Crippen molar-refractivity contribution in [2.24, 2.45) is 35.2 Å². The van der Waals surface area contributed by atoms with Gasteiger partial charge in [-0.1, -0.05) is 146 Å². The molecule has 0 radical (unpaired) electrons. The zero-order valence-corrected chi connectivity index (χ0v) is 83.5. The number of carboxylic acid groups (broad SMARTS) is 1. The van der Waals surface area contributed by atoms with Crippen molar-refractivity contribution in [3.8, 4) is 0 Å². The van der Waals surface area contributed by atoms with Crippen molar-refractivity contribution in [2.45, 2.75) is 90.4 Å². The molecule has 149 heavy (non-hydrogen) atoms. The molecule has 0 unspecified atom stereocenters. The molecule has 0 aliphatic rings. The first-order chi connectivity index (χ1) is 72.1. The van der Waals surface area contributed by atoms with E-state index in [1.165, 1.54) is 93.8 Å². The second-order valence-electron chi connectivity index (χ2n) is 33.3. The molecule has 17 heterocycles. The summed E-state index contributed by atoms with van der Waals surface area (Å²) in [4.78, 5) is 209. The van der Waals surface area contributed by atoms with Gasteiger partial charge in [0.15, 0.2) is 112 Å². The number of carboxylic acids is 1. The lowest BCUT2D eigenvalue weighted by atomic mass is 10.2. The number of fused-ring (bicyclic) bond motifs is 10. The summed E-state index contributed by atoms with van der Waals surface area (Å²) < 4.78 is 22.8. The number of aromatic nitrogens is 32. The van der Waals surface area contributed by atoms with Crippen LogP contribution >= 0.6 is 70.1 Å². The highest BCUT2D eigenvalue weighted by Crippen LogP contribution is 2.38. The Morgan fingerprint density at radius 3 is 1.06 bits per heavy atom. The molecule has 25 aromatic rings. The third kappa shape index (κ3) is 19.9. The van der Waals surface area contributed by atoms with Crippen LogP contribution in [0.2, 0.25) is 0 Å². The Kier molecular flexibility index (Phi) is 26.4. The molecule has 0 bridgehead atoms. The first-order valence-corrected chi connectivity index (χ1v) is 49.9. The fourth-order valence-corrected chi connectivity index (χ4v) is 21.7. The number of H-pyrrole nitrogens is 9. The fourth-order valence-electron chi connectivity index (χ4n) is 16.2. The number of rotatable bonds is 21. The Hall–Kier alpha value is -18.4. The number of anilines is 1. The molecular formula is C97H77N33O13S6. The first kappa shape index (κ1) is 96.7. The second kappa shape index (κ2) is 40.7. The zero-order valence-electron chi connectivity index (χ0n) is 78.6. The van der Waals surface area contributed by atoms with Crippen molar-refractivity contribution in [3.05, 3.63) is 368 Å². The Morgan fingerprint density at radius 1 is 0.342 bits per heavy atom.